The van der Waals surface area contributed by atoms with E-state index < -0.39 is 5.91 Å². The van der Waals surface area contributed by atoms with Crippen molar-refractivity contribution in [3.05, 3.63) is 50.6 Å². The van der Waals surface area contributed by atoms with E-state index in [9.17, 15) is 4.79 Å². The summed E-state index contributed by atoms with van der Waals surface area (Å²) in [7, 11) is 0. The Balaban J connectivity index is 0.00000109. The first kappa shape index (κ1) is 19.0. The first-order chi connectivity index (χ1) is 11.9. The molecule has 3 N–H and O–H groups in total. The Labute approximate surface area is 152 Å². The number of carbonyl (C=O) groups excluding carboxylic acids is 1. The van der Waals surface area contributed by atoms with Crippen LogP contribution in [0.2, 0.25) is 0 Å². The van der Waals surface area contributed by atoms with Gasteiger partial charge in [-0.15, -0.1) is 11.3 Å². The second-order valence-corrected chi connectivity index (χ2v) is 6.87. The van der Waals surface area contributed by atoms with Gasteiger partial charge in [0.1, 0.15) is 0 Å². The van der Waals surface area contributed by atoms with E-state index in [0.717, 1.165) is 22.7 Å². The van der Waals surface area contributed by atoms with Crippen molar-refractivity contribution >= 4 is 28.6 Å². The van der Waals surface area contributed by atoms with E-state index in [-0.39, 0.29) is 0 Å². The van der Waals surface area contributed by atoms with Crippen molar-refractivity contribution in [2.45, 2.75) is 48.1 Å². The molecule has 0 spiro atoms. The number of anilines is 1. The van der Waals surface area contributed by atoms with Crippen molar-refractivity contribution in [1.29, 1.82) is 0 Å². The fourth-order valence-electron chi connectivity index (χ4n) is 2.68. The van der Waals surface area contributed by atoms with Gasteiger partial charge in [-0.05, 0) is 50.3 Å². The summed E-state index contributed by atoms with van der Waals surface area (Å²) in [5.41, 5.74) is 12.1. The predicted octanol–water partition coefficient (Wildman–Crippen LogP) is 4.37. The van der Waals surface area contributed by atoms with Gasteiger partial charge < -0.3 is 15.5 Å². The van der Waals surface area contributed by atoms with Crippen LogP contribution in [0.3, 0.4) is 0 Å². The summed E-state index contributed by atoms with van der Waals surface area (Å²) in [5.74, 6) is -0.441. The van der Waals surface area contributed by atoms with E-state index >= 15 is 0 Å². The number of thiophene rings is 1. The van der Waals surface area contributed by atoms with Crippen LogP contribution in [-0.4, -0.2) is 15.3 Å². The molecule has 0 saturated carbocycles. The monoisotopic (exact) mass is 358 g/mol. The van der Waals surface area contributed by atoms with Gasteiger partial charge in [0.15, 0.2) is 5.65 Å². The number of hydrogen-bond donors (Lipinski definition) is 2. The maximum atomic E-state index is 11.6. The van der Waals surface area contributed by atoms with Gasteiger partial charge in [0, 0.05) is 23.3 Å². The fourth-order valence-corrected chi connectivity index (χ4v) is 3.55. The molecule has 134 valence electrons. The van der Waals surface area contributed by atoms with Gasteiger partial charge in [-0.2, -0.15) is 0 Å². The highest BCUT2D eigenvalue weighted by atomic mass is 32.1. The van der Waals surface area contributed by atoms with Crippen LogP contribution in [0, 0.1) is 27.7 Å². The molecule has 0 unspecified atom stereocenters. The van der Waals surface area contributed by atoms with E-state index in [2.05, 4.69) is 29.5 Å². The summed E-state index contributed by atoms with van der Waals surface area (Å²) in [6.07, 6.45) is 1.75. The molecule has 0 radical (unpaired) electrons. The molecular weight excluding hydrogens is 332 g/mol. The highest BCUT2D eigenvalue weighted by Gasteiger charge is 2.14. The zero-order chi connectivity index (χ0) is 18.7. The molecule has 0 aliphatic rings. The minimum atomic E-state index is -0.441. The lowest BCUT2D eigenvalue weighted by atomic mass is 10.1. The summed E-state index contributed by atoms with van der Waals surface area (Å²) in [5, 5.41) is 5.58. The van der Waals surface area contributed by atoms with Crippen molar-refractivity contribution in [1.82, 2.24) is 9.38 Å². The van der Waals surface area contributed by atoms with Gasteiger partial charge in [-0.3, -0.25) is 4.79 Å². The fraction of sp³-hybridized carbons (Fsp3) is 0.368. The lowest BCUT2D eigenvalue weighted by Crippen LogP contribution is -2.13. The van der Waals surface area contributed by atoms with Crippen LogP contribution in [0.25, 0.3) is 5.65 Å². The van der Waals surface area contributed by atoms with E-state index in [1.54, 1.807) is 23.6 Å². The summed E-state index contributed by atoms with van der Waals surface area (Å²) < 4.78 is 1.92. The van der Waals surface area contributed by atoms with Crippen LogP contribution >= 0.6 is 11.3 Å². The van der Waals surface area contributed by atoms with Crippen molar-refractivity contribution in [3.8, 4) is 0 Å². The molecule has 0 atom stereocenters. The molecule has 0 aromatic carbocycles. The molecule has 3 aromatic rings. The highest BCUT2D eigenvalue weighted by molar-refractivity contribution is 7.10. The van der Waals surface area contributed by atoms with Crippen molar-refractivity contribution in [2.24, 2.45) is 5.73 Å². The minimum Gasteiger partial charge on any atom is -0.378 e. The van der Waals surface area contributed by atoms with Crippen LogP contribution in [0.1, 0.15) is 51.6 Å². The van der Waals surface area contributed by atoms with Crippen molar-refractivity contribution in [2.75, 3.05) is 5.32 Å². The number of nitrogens with zero attached hydrogens (tertiary/aromatic N) is 2. The SMILES string of the molecule is CC.Cc1csc(C)c1CNc1cc(C(N)=O)cn2c(C)c(C)nc12. The van der Waals surface area contributed by atoms with E-state index in [4.69, 9.17) is 5.73 Å². The number of aryl methyl sites for hydroxylation is 4. The summed E-state index contributed by atoms with van der Waals surface area (Å²) >= 11 is 1.75. The van der Waals surface area contributed by atoms with Gasteiger partial charge in [0.2, 0.25) is 5.91 Å². The molecule has 3 aromatic heterocycles. The number of amides is 1. The molecule has 25 heavy (non-hydrogen) atoms. The Morgan fingerprint density at radius 3 is 2.52 bits per heavy atom. The topological polar surface area (TPSA) is 72.4 Å². The molecule has 0 aliphatic heterocycles. The lowest BCUT2D eigenvalue weighted by molar-refractivity contribution is 0.1000. The Hall–Kier alpha value is -2.34. The normalized spacial score (nSPS) is 10.5. The minimum absolute atomic E-state index is 0.441. The molecule has 6 heteroatoms. The summed E-state index contributed by atoms with van der Waals surface area (Å²) in [6, 6.07) is 1.78. The third kappa shape index (κ3) is 3.69. The second kappa shape index (κ2) is 7.70. The van der Waals surface area contributed by atoms with E-state index in [1.165, 1.54) is 16.0 Å². The molecule has 3 rings (SSSR count). The first-order valence-electron chi connectivity index (χ1n) is 8.45. The molecule has 0 aliphatic carbocycles. The van der Waals surface area contributed by atoms with Crippen LogP contribution < -0.4 is 11.1 Å². The molecule has 0 saturated heterocycles. The zero-order valence-electron chi connectivity index (χ0n) is 15.7. The molecule has 3 heterocycles. The number of nitrogens with two attached hydrogens (primary N) is 1. The third-order valence-electron chi connectivity index (χ3n) is 4.25. The van der Waals surface area contributed by atoms with Gasteiger partial charge in [0.25, 0.3) is 0 Å². The van der Waals surface area contributed by atoms with Gasteiger partial charge in [0.05, 0.1) is 16.9 Å². The van der Waals surface area contributed by atoms with Crippen molar-refractivity contribution in [3.63, 3.8) is 0 Å². The third-order valence-corrected chi connectivity index (χ3v) is 5.32. The number of pyridine rings is 1. The zero-order valence-corrected chi connectivity index (χ0v) is 16.5. The lowest BCUT2D eigenvalue weighted by Gasteiger charge is -2.11. The Morgan fingerprint density at radius 1 is 1.28 bits per heavy atom. The van der Waals surface area contributed by atoms with Crippen molar-refractivity contribution < 1.29 is 4.79 Å². The maximum Gasteiger partial charge on any atom is 0.250 e. The van der Waals surface area contributed by atoms with Gasteiger partial charge in [-0.1, -0.05) is 13.8 Å². The van der Waals surface area contributed by atoms with Crippen LogP contribution in [0.5, 0.6) is 0 Å². The Morgan fingerprint density at radius 2 is 1.96 bits per heavy atom. The molecular formula is C19H26N4OS. The number of primary amides is 1. The summed E-state index contributed by atoms with van der Waals surface area (Å²) in [6.45, 7) is 12.9. The van der Waals surface area contributed by atoms with E-state index in [0.29, 0.717) is 12.1 Å². The highest BCUT2D eigenvalue weighted by Crippen LogP contribution is 2.25. The quantitative estimate of drug-likeness (QED) is 0.727. The number of nitrogens with one attached hydrogen (secondary N) is 1. The standard InChI is InChI=1S/C17H20N4OS.C2H6/c1-9-8-23-12(4)14(9)6-19-15-5-13(16(18)22)7-21-11(3)10(2)20-17(15)21;1-2/h5,7-8,19H,6H2,1-4H3,(H2,18,22);1-2H3. The maximum absolute atomic E-state index is 11.6. The van der Waals surface area contributed by atoms with Gasteiger partial charge >= 0.3 is 0 Å². The van der Waals surface area contributed by atoms with Crippen LogP contribution in [0.15, 0.2) is 17.6 Å². The molecule has 1 amide bonds. The number of aromatic nitrogens is 2. The van der Waals surface area contributed by atoms with Crippen LogP contribution in [0.4, 0.5) is 5.69 Å². The molecule has 5 nitrogen and oxygen atoms in total. The smallest absolute Gasteiger partial charge is 0.250 e. The Bertz CT molecular complexity index is 888. The summed E-state index contributed by atoms with van der Waals surface area (Å²) in [4.78, 5) is 17.5. The number of imidazole rings is 1. The molecule has 0 bridgehead atoms. The van der Waals surface area contributed by atoms with Crippen LogP contribution in [-0.2, 0) is 6.54 Å². The second-order valence-electron chi connectivity index (χ2n) is 5.79. The Kier molecular flexibility index (Phi) is 5.85. The average Bonchev–Trinajstić information content (AvgIpc) is 3.07. The average molecular weight is 359 g/mol. The number of rotatable bonds is 4. The first-order valence-corrected chi connectivity index (χ1v) is 9.33. The van der Waals surface area contributed by atoms with Gasteiger partial charge in [-0.25, -0.2) is 4.98 Å². The molecule has 0 fully saturated rings. The largest absolute Gasteiger partial charge is 0.378 e. The van der Waals surface area contributed by atoms with E-state index in [1.807, 2.05) is 32.1 Å². The number of carbonyl (C=O) groups is 1. The number of fused-ring (bicyclic) bond motifs is 1. The number of hydrogen-bond acceptors (Lipinski definition) is 4. The predicted molar refractivity (Wildman–Crippen MR) is 106 cm³/mol.